The van der Waals surface area contributed by atoms with E-state index >= 15 is 0 Å². The highest BCUT2D eigenvalue weighted by atomic mass is 19.4. The second kappa shape index (κ2) is 7.66. The lowest BCUT2D eigenvalue weighted by molar-refractivity contribution is -0.272. The highest BCUT2D eigenvalue weighted by Gasteiger charge is 2.57. The maximum atomic E-state index is 13.4. The summed E-state index contributed by atoms with van der Waals surface area (Å²) in [6.07, 6.45) is 5.34. The van der Waals surface area contributed by atoms with E-state index in [1.54, 1.807) is 0 Å². The number of hydrogen-bond acceptors (Lipinski definition) is 3. The van der Waals surface area contributed by atoms with Crippen LogP contribution < -0.4 is 5.32 Å². The predicted octanol–water partition coefficient (Wildman–Crippen LogP) is 3.26. The molecule has 1 heterocycles. The summed E-state index contributed by atoms with van der Waals surface area (Å²) in [4.78, 5) is 3.71. The number of nitrogens with zero attached hydrogens (tertiary/aromatic N) is 2. The zero-order valence-electron chi connectivity index (χ0n) is 13.6. The monoisotopic (exact) mass is 333 g/mol. The van der Waals surface area contributed by atoms with Crippen LogP contribution in [0.5, 0.6) is 0 Å². The van der Waals surface area contributed by atoms with Gasteiger partial charge in [-0.3, -0.25) is 0 Å². The third kappa shape index (κ3) is 4.47. The van der Waals surface area contributed by atoms with E-state index in [9.17, 15) is 18.3 Å². The maximum absolute atomic E-state index is 13.4. The summed E-state index contributed by atoms with van der Waals surface area (Å²) in [6, 6.07) is 0.245. The van der Waals surface area contributed by atoms with Crippen molar-refractivity contribution in [3.63, 3.8) is 0 Å². The molecule has 1 aromatic rings. The molecule has 2 rings (SSSR count). The number of aromatic nitrogens is 2. The molecule has 0 saturated heterocycles. The van der Waals surface area contributed by atoms with Crippen LogP contribution in [0.4, 0.5) is 13.2 Å². The van der Waals surface area contributed by atoms with Crippen LogP contribution in [0.1, 0.15) is 57.2 Å². The van der Waals surface area contributed by atoms with Crippen molar-refractivity contribution in [3.8, 4) is 0 Å². The molecule has 1 atom stereocenters. The molecule has 132 valence electrons. The van der Waals surface area contributed by atoms with Gasteiger partial charge >= 0.3 is 6.18 Å². The molecule has 1 unspecified atom stereocenters. The van der Waals surface area contributed by atoms with Gasteiger partial charge in [0.05, 0.1) is 0 Å². The Bertz CT molecular complexity index is 481. The van der Waals surface area contributed by atoms with E-state index in [4.69, 9.17) is 0 Å². The topological polar surface area (TPSA) is 50.1 Å². The molecule has 0 spiro atoms. The van der Waals surface area contributed by atoms with Crippen LogP contribution in [0.25, 0.3) is 0 Å². The summed E-state index contributed by atoms with van der Waals surface area (Å²) in [6.45, 7) is 0.119. The van der Waals surface area contributed by atoms with Gasteiger partial charge in [-0.15, -0.1) is 0 Å². The van der Waals surface area contributed by atoms with Crippen LogP contribution in [-0.2, 0) is 12.6 Å². The van der Waals surface area contributed by atoms with E-state index in [2.05, 4.69) is 10.3 Å². The van der Waals surface area contributed by atoms with Crippen molar-refractivity contribution in [2.75, 3.05) is 6.54 Å². The third-order valence-electron chi connectivity index (χ3n) is 4.69. The van der Waals surface area contributed by atoms with Gasteiger partial charge in [-0.1, -0.05) is 32.1 Å². The molecule has 0 amide bonds. The van der Waals surface area contributed by atoms with Gasteiger partial charge in [0.1, 0.15) is 5.82 Å². The second-order valence-corrected chi connectivity index (χ2v) is 6.47. The minimum atomic E-state index is -4.76. The zero-order valence-corrected chi connectivity index (χ0v) is 13.6. The van der Waals surface area contributed by atoms with Crippen LogP contribution in [-0.4, -0.2) is 33.4 Å². The number of hydrogen-bond donors (Lipinski definition) is 2. The fourth-order valence-corrected chi connectivity index (χ4v) is 3.26. The van der Waals surface area contributed by atoms with Crippen LogP contribution in [0.2, 0.25) is 0 Å². The smallest absolute Gasteiger partial charge is 0.374 e. The molecule has 23 heavy (non-hydrogen) atoms. The fraction of sp³-hybridized carbons (Fsp3) is 0.812. The maximum Gasteiger partial charge on any atom is 0.424 e. The van der Waals surface area contributed by atoms with Crippen LogP contribution in [0.15, 0.2) is 12.4 Å². The standard InChI is InChI=1S/C16H26F3N3O/c1-22-12-11-21-14(22)15(23,16(17,18)19)9-10-20-13-7-5-3-2-4-6-8-13/h11-13,20,23H,2-10H2,1H3. The van der Waals surface area contributed by atoms with E-state index in [1.807, 2.05) is 0 Å². The molecule has 0 aromatic carbocycles. The molecule has 1 aromatic heterocycles. The van der Waals surface area contributed by atoms with Crippen molar-refractivity contribution < 1.29 is 18.3 Å². The van der Waals surface area contributed by atoms with Gasteiger partial charge in [-0.2, -0.15) is 13.2 Å². The number of rotatable bonds is 5. The van der Waals surface area contributed by atoms with Crippen molar-refractivity contribution in [2.24, 2.45) is 7.05 Å². The van der Waals surface area contributed by atoms with E-state index < -0.39 is 18.2 Å². The lowest BCUT2D eigenvalue weighted by Crippen LogP contribution is -2.47. The number of aliphatic hydroxyl groups is 1. The Morgan fingerprint density at radius 2 is 1.83 bits per heavy atom. The first kappa shape index (κ1) is 18.3. The van der Waals surface area contributed by atoms with E-state index in [0.29, 0.717) is 0 Å². The van der Waals surface area contributed by atoms with Gasteiger partial charge in [0.25, 0.3) is 0 Å². The van der Waals surface area contributed by atoms with Crippen molar-refractivity contribution in [1.82, 2.24) is 14.9 Å². The zero-order chi connectivity index (χ0) is 16.9. The van der Waals surface area contributed by atoms with Gasteiger partial charge in [-0.05, 0) is 19.4 Å². The third-order valence-corrected chi connectivity index (χ3v) is 4.69. The molecule has 4 nitrogen and oxygen atoms in total. The Hall–Kier alpha value is -1.08. The Balaban J connectivity index is 1.98. The lowest BCUT2D eigenvalue weighted by atomic mass is 9.95. The summed E-state index contributed by atoms with van der Waals surface area (Å²) in [5.74, 6) is -0.357. The summed E-state index contributed by atoms with van der Waals surface area (Å²) in [7, 11) is 1.46. The fourth-order valence-electron chi connectivity index (χ4n) is 3.26. The van der Waals surface area contributed by atoms with Crippen molar-refractivity contribution >= 4 is 0 Å². The largest absolute Gasteiger partial charge is 0.424 e. The quantitative estimate of drug-likeness (QED) is 0.869. The summed E-state index contributed by atoms with van der Waals surface area (Å²) >= 11 is 0. The first-order chi connectivity index (χ1) is 10.8. The van der Waals surface area contributed by atoms with Crippen molar-refractivity contribution in [3.05, 3.63) is 18.2 Å². The molecule has 0 radical (unpaired) electrons. The van der Waals surface area contributed by atoms with E-state index in [0.717, 1.165) is 25.7 Å². The predicted molar refractivity (Wildman–Crippen MR) is 81.9 cm³/mol. The molecule has 0 bridgehead atoms. The minimum absolute atomic E-state index is 0.119. The van der Waals surface area contributed by atoms with Crippen LogP contribution >= 0.6 is 0 Å². The van der Waals surface area contributed by atoms with Gasteiger partial charge in [0.2, 0.25) is 5.60 Å². The molecule has 1 aliphatic rings. The number of nitrogens with one attached hydrogen (secondary N) is 1. The molecule has 0 aliphatic heterocycles. The Labute approximate surface area is 135 Å². The van der Waals surface area contributed by atoms with Gasteiger partial charge in [0.15, 0.2) is 0 Å². The normalized spacial score (nSPS) is 20.7. The van der Waals surface area contributed by atoms with Gasteiger partial charge in [-0.25, -0.2) is 4.98 Å². The molecule has 1 aliphatic carbocycles. The lowest BCUT2D eigenvalue weighted by Gasteiger charge is -2.31. The van der Waals surface area contributed by atoms with Crippen LogP contribution in [0.3, 0.4) is 0 Å². The Morgan fingerprint density at radius 1 is 1.22 bits per heavy atom. The number of alkyl halides is 3. The number of halogens is 3. The van der Waals surface area contributed by atoms with E-state index in [1.165, 1.54) is 43.3 Å². The first-order valence-electron chi connectivity index (χ1n) is 8.35. The highest BCUT2D eigenvalue weighted by molar-refractivity contribution is 5.08. The van der Waals surface area contributed by atoms with E-state index in [-0.39, 0.29) is 18.4 Å². The SMILES string of the molecule is Cn1ccnc1C(O)(CCNC1CCCCCCC1)C(F)(F)F. The second-order valence-electron chi connectivity index (χ2n) is 6.47. The van der Waals surface area contributed by atoms with Gasteiger partial charge in [0, 0.05) is 31.9 Å². The Morgan fingerprint density at radius 3 is 2.35 bits per heavy atom. The molecular formula is C16H26F3N3O. The average molecular weight is 333 g/mol. The average Bonchev–Trinajstić information content (AvgIpc) is 2.86. The number of imidazole rings is 1. The summed E-state index contributed by atoms with van der Waals surface area (Å²) in [5.41, 5.74) is -2.92. The summed E-state index contributed by atoms with van der Waals surface area (Å²) < 4.78 is 41.4. The minimum Gasteiger partial charge on any atom is -0.374 e. The molecule has 7 heteroatoms. The number of aryl methyl sites for hydroxylation is 1. The Kier molecular flexibility index (Phi) is 6.08. The first-order valence-corrected chi connectivity index (χ1v) is 8.35. The van der Waals surface area contributed by atoms with Crippen LogP contribution in [0, 0.1) is 0 Å². The molecular weight excluding hydrogens is 307 g/mol. The molecule has 1 fully saturated rings. The highest BCUT2D eigenvalue weighted by Crippen LogP contribution is 2.40. The van der Waals surface area contributed by atoms with Crippen molar-refractivity contribution in [2.45, 2.75) is 69.2 Å². The summed E-state index contributed by atoms with van der Waals surface area (Å²) in [5, 5.41) is 13.5. The van der Waals surface area contributed by atoms with Crippen molar-refractivity contribution in [1.29, 1.82) is 0 Å². The molecule has 1 saturated carbocycles. The molecule has 2 N–H and O–H groups in total. The van der Waals surface area contributed by atoms with Gasteiger partial charge < -0.3 is 15.0 Å².